The van der Waals surface area contributed by atoms with Gasteiger partial charge >= 0.3 is 6.18 Å². The molecule has 3 aromatic rings. The number of nitrogens with two attached hydrogens (primary N) is 1. The topological polar surface area (TPSA) is 109 Å². The second kappa shape index (κ2) is 8.44. The number of fused-ring (bicyclic) bond motifs is 1. The third-order valence-electron chi connectivity index (χ3n) is 5.52. The molecule has 0 aromatic carbocycles. The number of hydrogen-bond acceptors (Lipinski definition) is 5. The molecule has 1 saturated carbocycles. The maximum absolute atomic E-state index is 12.5. The zero-order chi connectivity index (χ0) is 22.0. The van der Waals surface area contributed by atoms with E-state index in [2.05, 4.69) is 20.3 Å². The maximum atomic E-state index is 12.5. The van der Waals surface area contributed by atoms with Gasteiger partial charge in [-0.15, -0.1) is 0 Å². The van der Waals surface area contributed by atoms with E-state index in [4.69, 9.17) is 5.73 Å². The minimum absolute atomic E-state index is 0.265. The standard InChI is InChI=1S/C21H23F3N6O/c22-21(23,24)11-29-20(31)15-3-1-2-4-18(15)30-14-5-12(7-26-9-14)17-10-28-19-16(17)6-13(25)8-27-19/h5-10,15,18,30H,1-4,11,25H2,(H,27,28)(H,29,31)/t15-,18+/m0/s1. The summed E-state index contributed by atoms with van der Waals surface area (Å²) < 4.78 is 37.5. The van der Waals surface area contributed by atoms with Crippen LogP contribution in [0.2, 0.25) is 0 Å². The lowest BCUT2D eigenvalue weighted by molar-refractivity contribution is -0.141. The second-order valence-corrected chi connectivity index (χ2v) is 7.80. The molecule has 3 heterocycles. The van der Waals surface area contributed by atoms with Gasteiger partial charge in [0.25, 0.3) is 0 Å². The number of carbonyl (C=O) groups excluding carboxylic acids is 1. The van der Waals surface area contributed by atoms with Gasteiger partial charge in [-0.2, -0.15) is 13.2 Å². The number of alkyl halides is 3. The molecule has 1 aliphatic carbocycles. The molecule has 0 saturated heterocycles. The van der Waals surface area contributed by atoms with Crippen LogP contribution in [0.3, 0.4) is 0 Å². The first-order valence-corrected chi connectivity index (χ1v) is 10.1. The van der Waals surface area contributed by atoms with Crippen molar-refractivity contribution >= 4 is 28.3 Å². The number of pyridine rings is 2. The highest BCUT2D eigenvalue weighted by atomic mass is 19.4. The first-order valence-electron chi connectivity index (χ1n) is 10.1. The van der Waals surface area contributed by atoms with Crippen molar-refractivity contribution in [1.29, 1.82) is 0 Å². The van der Waals surface area contributed by atoms with Crippen molar-refractivity contribution in [2.75, 3.05) is 17.6 Å². The van der Waals surface area contributed by atoms with Gasteiger partial charge in [-0.05, 0) is 25.0 Å². The first kappa shape index (κ1) is 21.0. The van der Waals surface area contributed by atoms with Gasteiger partial charge < -0.3 is 21.4 Å². The molecule has 0 unspecified atom stereocenters. The Morgan fingerprint density at radius 1 is 1.19 bits per heavy atom. The average Bonchev–Trinajstić information content (AvgIpc) is 3.15. The molecule has 0 aliphatic heterocycles. The van der Waals surface area contributed by atoms with Crippen molar-refractivity contribution in [3.63, 3.8) is 0 Å². The number of carbonyl (C=O) groups is 1. The van der Waals surface area contributed by atoms with Crippen LogP contribution < -0.4 is 16.4 Å². The highest BCUT2D eigenvalue weighted by Gasteiger charge is 2.34. The Kier molecular flexibility index (Phi) is 5.71. The zero-order valence-corrected chi connectivity index (χ0v) is 16.7. The van der Waals surface area contributed by atoms with E-state index in [1.54, 1.807) is 18.6 Å². The molecule has 31 heavy (non-hydrogen) atoms. The minimum Gasteiger partial charge on any atom is -0.397 e. The Hall–Kier alpha value is -3.30. The first-order chi connectivity index (χ1) is 14.8. The summed E-state index contributed by atoms with van der Waals surface area (Å²) in [6.07, 6.45) is 5.28. The number of nitrogens with zero attached hydrogens (tertiary/aromatic N) is 2. The molecule has 1 aliphatic rings. The van der Waals surface area contributed by atoms with E-state index in [1.807, 2.05) is 23.6 Å². The Balaban J connectivity index is 1.53. The summed E-state index contributed by atoms with van der Waals surface area (Å²) in [6.45, 7) is -1.32. The number of aromatic nitrogens is 3. The van der Waals surface area contributed by atoms with E-state index < -0.39 is 24.5 Å². The van der Waals surface area contributed by atoms with Crippen LogP contribution in [0.5, 0.6) is 0 Å². The predicted molar refractivity (Wildman–Crippen MR) is 112 cm³/mol. The predicted octanol–water partition coefficient (Wildman–Crippen LogP) is 3.86. The number of nitrogens with one attached hydrogen (secondary N) is 3. The third kappa shape index (κ3) is 4.89. The number of aromatic amines is 1. The van der Waals surface area contributed by atoms with E-state index in [0.717, 1.165) is 29.4 Å². The monoisotopic (exact) mass is 432 g/mol. The fourth-order valence-electron chi connectivity index (χ4n) is 4.07. The molecule has 164 valence electrons. The Bertz CT molecular complexity index is 1080. The maximum Gasteiger partial charge on any atom is 0.405 e. The summed E-state index contributed by atoms with van der Waals surface area (Å²) in [4.78, 5) is 24.1. The summed E-state index contributed by atoms with van der Waals surface area (Å²) in [6, 6.07) is 3.47. The van der Waals surface area contributed by atoms with Crippen molar-refractivity contribution in [3.05, 3.63) is 36.9 Å². The summed E-state index contributed by atoms with van der Waals surface area (Å²) in [5, 5.41) is 6.20. The van der Waals surface area contributed by atoms with Crippen LogP contribution >= 0.6 is 0 Å². The molecule has 1 amide bonds. The quantitative estimate of drug-likeness (QED) is 0.490. The van der Waals surface area contributed by atoms with Crippen molar-refractivity contribution in [2.24, 2.45) is 5.92 Å². The normalized spacial score (nSPS) is 19.3. The molecule has 7 nitrogen and oxygen atoms in total. The van der Waals surface area contributed by atoms with Crippen molar-refractivity contribution in [2.45, 2.75) is 37.9 Å². The number of halogens is 3. The van der Waals surface area contributed by atoms with Gasteiger partial charge in [0.15, 0.2) is 0 Å². The van der Waals surface area contributed by atoms with Crippen LogP contribution in [-0.4, -0.2) is 39.6 Å². The van der Waals surface area contributed by atoms with Gasteiger partial charge in [0.05, 0.1) is 23.5 Å². The molecule has 0 bridgehead atoms. The molecule has 2 atom stereocenters. The molecule has 4 rings (SSSR count). The van der Waals surface area contributed by atoms with Crippen LogP contribution in [0.25, 0.3) is 22.2 Å². The van der Waals surface area contributed by atoms with E-state index in [9.17, 15) is 18.0 Å². The fraction of sp³-hybridized carbons (Fsp3) is 0.381. The minimum atomic E-state index is -4.43. The Morgan fingerprint density at radius 3 is 2.81 bits per heavy atom. The van der Waals surface area contributed by atoms with Gasteiger partial charge in [0, 0.05) is 41.1 Å². The van der Waals surface area contributed by atoms with Gasteiger partial charge in [-0.25, -0.2) is 4.98 Å². The second-order valence-electron chi connectivity index (χ2n) is 7.80. The lowest BCUT2D eigenvalue weighted by Gasteiger charge is -2.32. The van der Waals surface area contributed by atoms with Crippen molar-refractivity contribution in [1.82, 2.24) is 20.3 Å². The number of rotatable bonds is 5. The highest BCUT2D eigenvalue weighted by Crippen LogP contribution is 2.32. The summed E-state index contributed by atoms with van der Waals surface area (Å²) in [5.74, 6) is -1.10. The van der Waals surface area contributed by atoms with E-state index in [1.165, 1.54) is 0 Å². The van der Waals surface area contributed by atoms with Gasteiger partial charge in [-0.1, -0.05) is 12.8 Å². The zero-order valence-electron chi connectivity index (χ0n) is 16.7. The number of amides is 1. The SMILES string of the molecule is Nc1cnc2[nH]cc(-c3cncc(N[C@@H]4CCCC[C@@H]4C(=O)NCC(F)(F)F)c3)c2c1. The number of nitrogen functional groups attached to an aromatic ring is 1. The fourth-order valence-corrected chi connectivity index (χ4v) is 4.07. The molecule has 3 aromatic heterocycles. The van der Waals surface area contributed by atoms with Crippen molar-refractivity contribution < 1.29 is 18.0 Å². The van der Waals surface area contributed by atoms with Crippen LogP contribution in [0.4, 0.5) is 24.5 Å². The van der Waals surface area contributed by atoms with E-state index >= 15 is 0 Å². The number of hydrogen-bond donors (Lipinski definition) is 4. The number of anilines is 2. The van der Waals surface area contributed by atoms with Gasteiger partial charge in [-0.3, -0.25) is 9.78 Å². The van der Waals surface area contributed by atoms with E-state index in [-0.39, 0.29) is 6.04 Å². The molecular formula is C21H23F3N6O. The third-order valence-corrected chi connectivity index (χ3v) is 5.52. The summed E-state index contributed by atoms with van der Waals surface area (Å²) >= 11 is 0. The van der Waals surface area contributed by atoms with Crippen LogP contribution in [0.1, 0.15) is 25.7 Å². The van der Waals surface area contributed by atoms with Gasteiger partial charge in [0.2, 0.25) is 5.91 Å². The molecule has 0 spiro atoms. The summed E-state index contributed by atoms with van der Waals surface area (Å²) in [5.41, 5.74) is 9.53. The molecule has 1 fully saturated rings. The average molecular weight is 432 g/mol. The molecule has 5 N–H and O–H groups in total. The number of H-pyrrole nitrogens is 1. The van der Waals surface area contributed by atoms with Crippen LogP contribution in [0.15, 0.2) is 36.9 Å². The lowest BCUT2D eigenvalue weighted by Crippen LogP contribution is -2.45. The van der Waals surface area contributed by atoms with Crippen LogP contribution in [0, 0.1) is 5.92 Å². The largest absolute Gasteiger partial charge is 0.405 e. The van der Waals surface area contributed by atoms with Crippen molar-refractivity contribution in [3.8, 4) is 11.1 Å². The van der Waals surface area contributed by atoms with Crippen LogP contribution in [-0.2, 0) is 4.79 Å². The van der Waals surface area contributed by atoms with E-state index in [0.29, 0.717) is 29.9 Å². The molecular weight excluding hydrogens is 409 g/mol. The summed E-state index contributed by atoms with van der Waals surface area (Å²) in [7, 11) is 0. The van der Waals surface area contributed by atoms with Gasteiger partial charge in [0.1, 0.15) is 12.2 Å². The molecule has 0 radical (unpaired) electrons. The Morgan fingerprint density at radius 2 is 2.00 bits per heavy atom. The highest BCUT2D eigenvalue weighted by molar-refractivity contribution is 5.95. The Labute approximate surface area is 176 Å². The smallest absolute Gasteiger partial charge is 0.397 e. The lowest BCUT2D eigenvalue weighted by atomic mass is 9.83. The molecule has 10 heteroatoms.